The van der Waals surface area contributed by atoms with E-state index in [1.165, 1.54) is 24.4 Å². The molecular weight excluding hydrogens is 294 g/mol. The molecule has 0 amide bonds. The third-order valence-electron chi connectivity index (χ3n) is 2.81. The zero-order valence-electron chi connectivity index (χ0n) is 11.8. The van der Waals surface area contributed by atoms with Gasteiger partial charge in [0.05, 0.1) is 21.8 Å². The lowest BCUT2D eigenvalue weighted by Gasteiger charge is -2.04. The van der Waals surface area contributed by atoms with Gasteiger partial charge in [-0.2, -0.15) is 0 Å². The topological polar surface area (TPSA) is 87.0 Å². The first-order chi connectivity index (χ1) is 9.92. The molecule has 5 nitrogen and oxygen atoms in total. The van der Waals surface area contributed by atoms with Gasteiger partial charge < -0.3 is 10.2 Å². The zero-order chi connectivity index (χ0) is 16.0. The summed E-state index contributed by atoms with van der Waals surface area (Å²) in [7, 11) is 0. The number of carbonyl (C=O) groups excluding carboxylic acids is 1. The molecule has 0 saturated carbocycles. The van der Waals surface area contributed by atoms with Crippen LogP contribution in [0.2, 0.25) is 5.02 Å². The molecule has 112 valence electrons. The highest BCUT2D eigenvalue weighted by Crippen LogP contribution is 2.28. The van der Waals surface area contributed by atoms with Crippen molar-refractivity contribution in [2.45, 2.75) is 26.7 Å². The molecule has 0 bridgehead atoms. The number of hydrogen-bond acceptors (Lipinski definition) is 4. The third kappa shape index (κ3) is 4.16. The minimum absolute atomic E-state index is 0.0134. The Bertz CT molecular complexity index is 620. The van der Waals surface area contributed by atoms with Gasteiger partial charge >= 0.3 is 5.97 Å². The summed E-state index contributed by atoms with van der Waals surface area (Å²) in [6.45, 7) is 3.39. The van der Waals surface area contributed by atoms with Crippen molar-refractivity contribution in [2.24, 2.45) is 4.99 Å². The highest BCUT2D eigenvalue weighted by molar-refractivity contribution is 6.36. The van der Waals surface area contributed by atoms with E-state index >= 15 is 0 Å². The number of carbonyl (C=O) groups is 2. The van der Waals surface area contributed by atoms with Crippen LogP contribution in [-0.2, 0) is 4.79 Å². The number of nitrogens with zero attached hydrogens (tertiary/aromatic N) is 1. The molecule has 1 aromatic rings. The van der Waals surface area contributed by atoms with Crippen molar-refractivity contribution in [1.82, 2.24) is 0 Å². The summed E-state index contributed by atoms with van der Waals surface area (Å²) in [6.07, 6.45) is 1.75. The van der Waals surface area contributed by atoms with E-state index in [9.17, 15) is 14.7 Å². The van der Waals surface area contributed by atoms with Gasteiger partial charge in [-0.1, -0.05) is 31.5 Å². The Balaban J connectivity index is 3.23. The van der Waals surface area contributed by atoms with Gasteiger partial charge in [0.25, 0.3) is 0 Å². The molecule has 0 saturated heterocycles. The predicted octanol–water partition coefficient (Wildman–Crippen LogP) is 3.94. The molecule has 0 unspecified atom stereocenters. The number of aromatic carboxylic acids is 1. The number of carboxylic acids is 1. The summed E-state index contributed by atoms with van der Waals surface area (Å²) >= 11 is 5.96. The van der Waals surface area contributed by atoms with Gasteiger partial charge in [0.15, 0.2) is 5.78 Å². The maximum atomic E-state index is 11.8. The second-order valence-corrected chi connectivity index (χ2v) is 4.57. The molecule has 21 heavy (non-hydrogen) atoms. The molecule has 0 heterocycles. The van der Waals surface area contributed by atoms with Gasteiger partial charge in [0.1, 0.15) is 5.76 Å². The fourth-order valence-corrected chi connectivity index (χ4v) is 1.86. The normalized spacial score (nSPS) is 12.3. The molecule has 0 atom stereocenters. The minimum Gasteiger partial charge on any atom is -0.512 e. The zero-order valence-corrected chi connectivity index (χ0v) is 12.5. The number of halogens is 1. The first kappa shape index (κ1) is 16.9. The van der Waals surface area contributed by atoms with Crippen LogP contribution in [-0.4, -0.2) is 28.2 Å². The van der Waals surface area contributed by atoms with Crippen LogP contribution in [0.4, 0.5) is 5.69 Å². The Hall–Kier alpha value is -2.14. The Morgan fingerprint density at radius 3 is 2.43 bits per heavy atom. The molecule has 0 aliphatic carbocycles. The number of ketones is 1. The van der Waals surface area contributed by atoms with Crippen molar-refractivity contribution in [3.8, 4) is 0 Å². The Kier molecular flexibility index (Phi) is 6.11. The Labute approximate surface area is 127 Å². The number of aliphatic hydroxyl groups is 1. The second kappa shape index (κ2) is 7.59. The van der Waals surface area contributed by atoms with Crippen LogP contribution in [0.25, 0.3) is 0 Å². The van der Waals surface area contributed by atoms with E-state index in [0.29, 0.717) is 6.42 Å². The summed E-state index contributed by atoms with van der Waals surface area (Å²) in [5.74, 6) is -1.46. The molecule has 1 rings (SSSR count). The summed E-state index contributed by atoms with van der Waals surface area (Å²) in [6, 6.07) is 4.40. The number of aliphatic imine (C=N–C) groups is 1. The minimum atomic E-state index is -1.16. The van der Waals surface area contributed by atoms with E-state index in [2.05, 4.69) is 4.99 Å². The molecule has 1 aromatic carbocycles. The van der Waals surface area contributed by atoms with Gasteiger partial charge in [-0.3, -0.25) is 9.79 Å². The molecular formula is C15H16ClNO4. The van der Waals surface area contributed by atoms with Gasteiger partial charge in [0.2, 0.25) is 0 Å². The van der Waals surface area contributed by atoms with Crippen LogP contribution in [0.15, 0.2) is 34.5 Å². The van der Waals surface area contributed by atoms with Crippen molar-refractivity contribution in [3.63, 3.8) is 0 Å². The monoisotopic (exact) mass is 309 g/mol. The summed E-state index contributed by atoms with van der Waals surface area (Å²) in [5.41, 5.74) is 0.261. The smallest absolute Gasteiger partial charge is 0.337 e. The van der Waals surface area contributed by atoms with Crippen LogP contribution in [0.5, 0.6) is 0 Å². The quantitative estimate of drug-likeness (QED) is 0.473. The third-order valence-corrected chi connectivity index (χ3v) is 3.21. The predicted molar refractivity (Wildman–Crippen MR) is 81.8 cm³/mol. The Morgan fingerprint density at radius 1 is 1.24 bits per heavy atom. The lowest BCUT2D eigenvalue weighted by molar-refractivity contribution is -0.114. The summed E-state index contributed by atoms with van der Waals surface area (Å²) in [4.78, 5) is 26.8. The van der Waals surface area contributed by atoms with E-state index in [0.717, 1.165) is 0 Å². The molecule has 0 fully saturated rings. The van der Waals surface area contributed by atoms with E-state index < -0.39 is 5.97 Å². The van der Waals surface area contributed by atoms with Crippen molar-refractivity contribution in [1.29, 1.82) is 0 Å². The van der Waals surface area contributed by atoms with Crippen molar-refractivity contribution in [2.75, 3.05) is 0 Å². The number of aliphatic hydroxyl groups excluding tert-OH is 1. The van der Waals surface area contributed by atoms with Crippen molar-refractivity contribution < 1.29 is 19.8 Å². The first-order valence-corrected chi connectivity index (χ1v) is 6.81. The highest BCUT2D eigenvalue weighted by Gasteiger charge is 2.13. The van der Waals surface area contributed by atoms with Crippen LogP contribution in [0.1, 0.15) is 37.0 Å². The number of rotatable bonds is 6. The van der Waals surface area contributed by atoms with E-state index in [-0.39, 0.29) is 39.8 Å². The lowest BCUT2D eigenvalue weighted by Crippen LogP contribution is -2.06. The number of allylic oxidation sites excluding steroid dienone is 2. The fourth-order valence-electron chi connectivity index (χ4n) is 1.61. The van der Waals surface area contributed by atoms with Crippen molar-refractivity contribution in [3.05, 3.63) is 40.1 Å². The van der Waals surface area contributed by atoms with Crippen molar-refractivity contribution >= 4 is 35.3 Å². The number of carboxylic acid groups (broad SMARTS) is 1. The molecule has 0 spiro atoms. The molecule has 2 N–H and O–H groups in total. The van der Waals surface area contributed by atoms with Crippen LogP contribution in [0.3, 0.4) is 0 Å². The maximum absolute atomic E-state index is 11.8. The highest BCUT2D eigenvalue weighted by atomic mass is 35.5. The largest absolute Gasteiger partial charge is 0.512 e. The van der Waals surface area contributed by atoms with Crippen LogP contribution < -0.4 is 0 Å². The second-order valence-electron chi connectivity index (χ2n) is 4.19. The number of Topliss-reactive ketones (excluding diaryl/α,β-unsaturated/α-hetero) is 1. The average Bonchev–Trinajstić information content (AvgIpc) is 2.47. The molecule has 0 aliphatic rings. The fraction of sp³-hybridized carbons (Fsp3) is 0.267. The van der Waals surface area contributed by atoms with Crippen LogP contribution in [0, 0.1) is 0 Å². The average molecular weight is 310 g/mol. The van der Waals surface area contributed by atoms with Gasteiger partial charge in [-0.15, -0.1) is 0 Å². The summed E-state index contributed by atoms with van der Waals surface area (Å²) in [5, 5.41) is 18.7. The van der Waals surface area contributed by atoms with Gasteiger partial charge in [-0.25, -0.2) is 4.79 Å². The number of benzene rings is 1. The first-order valence-electron chi connectivity index (χ1n) is 6.43. The molecule has 0 radical (unpaired) electrons. The van der Waals surface area contributed by atoms with Gasteiger partial charge in [-0.05, 0) is 12.1 Å². The van der Waals surface area contributed by atoms with Gasteiger partial charge in [0, 0.05) is 19.1 Å². The SMILES string of the molecule is CCC(=O)C(C=Nc1cccc(C(=O)O)c1Cl)=C(O)CC. The standard InChI is InChI=1S/C15H16ClNO4/c1-3-12(18)10(13(19)4-2)8-17-11-7-5-6-9(14(11)16)15(20)21/h5-8,18H,3-4H2,1-2H3,(H,20,21). The maximum Gasteiger partial charge on any atom is 0.337 e. The summed E-state index contributed by atoms with van der Waals surface area (Å²) < 4.78 is 0. The molecule has 6 heteroatoms. The lowest BCUT2D eigenvalue weighted by atomic mass is 10.1. The number of hydrogen-bond donors (Lipinski definition) is 2. The van der Waals surface area contributed by atoms with E-state index in [4.69, 9.17) is 16.7 Å². The van der Waals surface area contributed by atoms with Crippen LogP contribution >= 0.6 is 11.6 Å². The molecule has 0 aromatic heterocycles. The Morgan fingerprint density at radius 2 is 1.90 bits per heavy atom. The van der Waals surface area contributed by atoms with E-state index in [1.54, 1.807) is 13.8 Å². The molecule has 0 aliphatic heterocycles. The van der Waals surface area contributed by atoms with E-state index in [1.807, 2.05) is 0 Å².